The predicted octanol–water partition coefficient (Wildman–Crippen LogP) is 0.515. The van der Waals surface area contributed by atoms with Gasteiger partial charge in [0.15, 0.2) is 11.6 Å². The second-order valence-corrected chi connectivity index (χ2v) is 4.99. The quantitative estimate of drug-likeness (QED) is 0.863. The van der Waals surface area contributed by atoms with Gasteiger partial charge in [-0.25, -0.2) is 0 Å². The lowest BCUT2D eigenvalue weighted by molar-refractivity contribution is -0.122. The number of rotatable bonds is 5. The van der Waals surface area contributed by atoms with Crippen LogP contribution in [0.4, 0.5) is 5.69 Å². The van der Waals surface area contributed by atoms with Crippen LogP contribution in [0.25, 0.3) is 0 Å². The van der Waals surface area contributed by atoms with Gasteiger partial charge in [-0.3, -0.25) is 9.59 Å². The maximum atomic E-state index is 12.4. The Bertz CT molecular complexity index is 686. The monoisotopic (exact) mass is 301 g/mol. The first-order valence-electron chi connectivity index (χ1n) is 6.90. The Hall–Kier alpha value is -2.77. The summed E-state index contributed by atoms with van der Waals surface area (Å²) in [5.41, 5.74) is 0.660. The molecule has 0 bridgehead atoms. The molecule has 0 spiro atoms. The molecule has 1 atom stereocenters. The molecule has 2 aromatic rings. The van der Waals surface area contributed by atoms with Crippen LogP contribution in [0.2, 0.25) is 0 Å². The molecule has 1 N–H and O–H groups in total. The zero-order valence-corrected chi connectivity index (χ0v) is 12.0. The Balaban J connectivity index is 1.84. The van der Waals surface area contributed by atoms with E-state index in [2.05, 4.69) is 20.6 Å². The van der Waals surface area contributed by atoms with Crippen molar-refractivity contribution in [2.45, 2.75) is 25.3 Å². The fraction of sp³-hybridized carbons (Fsp3) is 0.357. The van der Waals surface area contributed by atoms with Crippen molar-refractivity contribution in [3.05, 3.63) is 30.1 Å². The molecule has 22 heavy (non-hydrogen) atoms. The third-order valence-corrected chi connectivity index (χ3v) is 3.64. The zero-order valence-electron chi connectivity index (χ0n) is 12.0. The van der Waals surface area contributed by atoms with E-state index in [1.54, 1.807) is 31.4 Å². The highest BCUT2D eigenvalue weighted by atomic mass is 16.5. The van der Waals surface area contributed by atoms with E-state index in [4.69, 9.17) is 4.74 Å². The summed E-state index contributed by atoms with van der Waals surface area (Å²) >= 11 is 0. The first-order chi connectivity index (χ1) is 10.7. The molecule has 1 aliphatic heterocycles. The van der Waals surface area contributed by atoms with E-state index in [0.717, 1.165) is 0 Å². The first kappa shape index (κ1) is 14.2. The molecule has 1 fully saturated rings. The van der Waals surface area contributed by atoms with E-state index in [0.29, 0.717) is 30.1 Å². The van der Waals surface area contributed by atoms with Crippen molar-refractivity contribution in [2.24, 2.45) is 0 Å². The Labute approximate surface area is 126 Å². The van der Waals surface area contributed by atoms with Crippen molar-refractivity contribution in [3.63, 3.8) is 0 Å². The lowest BCUT2D eigenvalue weighted by Crippen LogP contribution is -2.39. The van der Waals surface area contributed by atoms with Gasteiger partial charge in [0.2, 0.25) is 5.91 Å². The van der Waals surface area contributed by atoms with Crippen molar-refractivity contribution >= 4 is 17.4 Å². The van der Waals surface area contributed by atoms with Crippen LogP contribution < -0.4 is 9.64 Å². The molecule has 114 valence electrons. The smallest absolute Gasteiger partial charge is 0.227 e. The number of aromatic nitrogens is 4. The number of nitrogens with one attached hydrogen (secondary N) is 1. The molecule has 3 rings (SSSR count). The number of hydrogen-bond donors (Lipinski definition) is 1. The lowest BCUT2D eigenvalue weighted by atomic mass is 10.1. The van der Waals surface area contributed by atoms with Gasteiger partial charge in [0.25, 0.3) is 0 Å². The van der Waals surface area contributed by atoms with Crippen molar-refractivity contribution in [3.8, 4) is 5.75 Å². The summed E-state index contributed by atoms with van der Waals surface area (Å²) in [6, 6.07) is 6.62. The summed E-state index contributed by atoms with van der Waals surface area (Å²) in [6.45, 7) is 0. The number of Topliss-reactive ketones (excluding diaryl/α,β-unsaturated/α-hetero) is 1. The summed E-state index contributed by atoms with van der Waals surface area (Å²) < 4.78 is 5.18. The van der Waals surface area contributed by atoms with Crippen LogP contribution in [-0.4, -0.2) is 45.5 Å². The predicted molar refractivity (Wildman–Crippen MR) is 76.4 cm³/mol. The van der Waals surface area contributed by atoms with E-state index in [1.807, 2.05) is 0 Å². The van der Waals surface area contributed by atoms with Crippen molar-refractivity contribution in [1.82, 2.24) is 20.6 Å². The molecule has 1 aliphatic rings. The first-order valence-corrected chi connectivity index (χ1v) is 6.90. The van der Waals surface area contributed by atoms with Crippen LogP contribution in [0.1, 0.15) is 18.7 Å². The van der Waals surface area contributed by atoms with Gasteiger partial charge in [0, 0.05) is 18.2 Å². The van der Waals surface area contributed by atoms with E-state index in [-0.39, 0.29) is 18.1 Å². The minimum Gasteiger partial charge on any atom is -0.497 e. The van der Waals surface area contributed by atoms with Gasteiger partial charge in [-0.15, -0.1) is 10.2 Å². The number of aromatic amines is 1. The summed E-state index contributed by atoms with van der Waals surface area (Å²) in [7, 11) is 1.56. The normalized spacial score (nSPS) is 17.8. The van der Waals surface area contributed by atoms with Gasteiger partial charge in [0.1, 0.15) is 5.75 Å². The summed E-state index contributed by atoms with van der Waals surface area (Å²) in [5, 5.41) is 13.3. The number of amides is 1. The van der Waals surface area contributed by atoms with E-state index < -0.39 is 6.04 Å². The second-order valence-electron chi connectivity index (χ2n) is 4.99. The summed E-state index contributed by atoms with van der Waals surface area (Å²) in [6.07, 6.45) is 0.890. The number of ketones is 1. The molecule has 1 saturated heterocycles. The van der Waals surface area contributed by atoms with E-state index in [9.17, 15) is 9.59 Å². The maximum absolute atomic E-state index is 12.4. The molecule has 0 radical (unpaired) electrons. The zero-order chi connectivity index (χ0) is 15.5. The Morgan fingerprint density at radius 2 is 2.36 bits per heavy atom. The Kier molecular flexibility index (Phi) is 3.82. The van der Waals surface area contributed by atoms with Crippen LogP contribution in [-0.2, 0) is 16.0 Å². The Morgan fingerprint density at radius 3 is 3.09 bits per heavy atom. The van der Waals surface area contributed by atoms with Gasteiger partial charge >= 0.3 is 0 Å². The number of tetrazole rings is 1. The number of carbonyl (C=O) groups is 2. The topological polar surface area (TPSA) is 101 Å². The number of nitrogens with zero attached hydrogens (tertiary/aromatic N) is 4. The summed E-state index contributed by atoms with van der Waals surface area (Å²) in [4.78, 5) is 26.2. The molecular weight excluding hydrogens is 286 g/mol. The van der Waals surface area contributed by atoms with Gasteiger partial charge in [0.05, 0.1) is 19.6 Å². The molecular formula is C14H15N5O3. The molecule has 8 heteroatoms. The van der Waals surface area contributed by atoms with Crippen LogP contribution in [0, 0.1) is 0 Å². The lowest BCUT2D eigenvalue weighted by Gasteiger charge is -2.24. The van der Waals surface area contributed by atoms with E-state index in [1.165, 1.54) is 4.90 Å². The third kappa shape index (κ3) is 2.67. The summed E-state index contributed by atoms with van der Waals surface area (Å²) in [5.74, 6) is 0.797. The number of hydrogen-bond acceptors (Lipinski definition) is 6. The standard InChI is InChI=1S/C14H15N5O3/c1-22-10-4-2-3-9(7-10)19-11(5-6-14(19)21)12(20)8-13-15-17-18-16-13/h2-4,7,11H,5-6,8H2,1H3,(H,15,16,17,18). The SMILES string of the molecule is COc1cccc(N2C(=O)CCC2C(=O)Cc2nn[nH]n2)c1. The fourth-order valence-electron chi connectivity index (χ4n) is 2.60. The average molecular weight is 301 g/mol. The second kappa shape index (κ2) is 5.92. The van der Waals surface area contributed by atoms with Gasteiger partial charge in [-0.1, -0.05) is 11.3 Å². The highest BCUT2D eigenvalue weighted by Gasteiger charge is 2.37. The van der Waals surface area contributed by atoms with Crippen LogP contribution >= 0.6 is 0 Å². The van der Waals surface area contributed by atoms with Crippen molar-refractivity contribution in [2.75, 3.05) is 12.0 Å². The molecule has 1 amide bonds. The molecule has 2 heterocycles. The Morgan fingerprint density at radius 1 is 1.50 bits per heavy atom. The molecule has 0 aliphatic carbocycles. The number of ether oxygens (including phenoxy) is 1. The molecule has 1 unspecified atom stereocenters. The molecule has 0 saturated carbocycles. The fourth-order valence-corrected chi connectivity index (χ4v) is 2.60. The van der Waals surface area contributed by atoms with Crippen molar-refractivity contribution < 1.29 is 14.3 Å². The highest BCUT2D eigenvalue weighted by Crippen LogP contribution is 2.30. The molecule has 1 aromatic carbocycles. The third-order valence-electron chi connectivity index (χ3n) is 3.64. The maximum Gasteiger partial charge on any atom is 0.227 e. The molecule has 1 aromatic heterocycles. The minimum absolute atomic E-state index is 0.0505. The van der Waals surface area contributed by atoms with Crippen molar-refractivity contribution in [1.29, 1.82) is 0 Å². The number of H-pyrrole nitrogens is 1. The van der Waals surface area contributed by atoms with Gasteiger partial charge in [-0.05, 0) is 18.6 Å². The number of anilines is 1. The van der Waals surface area contributed by atoms with Crippen LogP contribution in [0.15, 0.2) is 24.3 Å². The largest absolute Gasteiger partial charge is 0.497 e. The van der Waals surface area contributed by atoms with Gasteiger partial charge in [-0.2, -0.15) is 5.21 Å². The minimum atomic E-state index is -0.502. The van der Waals surface area contributed by atoms with Crippen LogP contribution in [0.5, 0.6) is 5.75 Å². The van der Waals surface area contributed by atoms with Gasteiger partial charge < -0.3 is 9.64 Å². The van der Waals surface area contributed by atoms with E-state index >= 15 is 0 Å². The van der Waals surface area contributed by atoms with Crippen LogP contribution in [0.3, 0.4) is 0 Å². The molecule has 8 nitrogen and oxygen atoms in total. The highest BCUT2D eigenvalue weighted by molar-refractivity contribution is 6.04. The number of carbonyl (C=O) groups excluding carboxylic acids is 2. The number of methoxy groups -OCH3 is 1. The average Bonchev–Trinajstić information content (AvgIpc) is 3.16. The number of benzene rings is 1.